The van der Waals surface area contributed by atoms with Gasteiger partial charge in [-0.3, -0.25) is 0 Å². The van der Waals surface area contributed by atoms with Gasteiger partial charge in [-0.25, -0.2) is 9.97 Å². The topological polar surface area (TPSA) is 80.1 Å². The fourth-order valence-corrected chi connectivity index (χ4v) is 3.74. The van der Waals surface area contributed by atoms with Crippen molar-refractivity contribution in [3.05, 3.63) is 23.8 Å². The third-order valence-corrected chi connectivity index (χ3v) is 5.33. The number of methoxy groups -OCH3 is 2. The summed E-state index contributed by atoms with van der Waals surface area (Å²) in [7, 11) is 3.19. The first-order chi connectivity index (χ1) is 13.2. The molecule has 1 aromatic heterocycles. The van der Waals surface area contributed by atoms with Crippen LogP contribution in [0.4, 0.5) is 5.82 Å². The molecule has 0 unspecified atom stereocenters. The van der Waals surface area contributed by atoms with Gasteiger partial charge in [0.25, 0.3) is 0 Å². The maximum Gasteiger partial charge on any atom is 0.189 e. The van der Waals surface area contributed by atoms with Gasteiger partial charge in [-0.1, -0.05) is 31.0 Å². The second-order valence-corrected chi connectivity index (χ2v) is 7.22. The molecule has 0 spiro atoms. The predicted octanol–water partition coefficient (Wildman–Crippen LogP) is 4.50. The molecule has 142 valence electrons. The molecule has 0 amide bonds. The molecule has 1 aromatic carbocycles. The quantitative estimate of drug-likeness (QED) is 0.580. The highest BCUT2D eigenvalue weighted by molar-refractivity contribution is 7.98. The minimum absolute atomic E-state index is 0.355. The molecule has 0 atom stereocenters. The first-order valence-electron chi connectivity index (χ1n) is 9.05. The molecule has 3 rings (SSSR count). The predicted molar refractivity (Wildman–Crippen MR) is 108 cm³/mol. The van der Waals surface area contributed by atoms with Crippen LogP contribution in [0, 0.1) is 11.3 Å². The number of benzene rings is 1. The third-order valence-electron chi connectivity index (χ3n) is 4.79. The van der Waals surface area contributed by atoms with Crippen molar-refractivity contribution < 1.29 is 9.47 Å². The SMILES string of the molecule is COc1ccc(-c2nc(SC)nc(NC3CCCCC3)c2C#N)cc1OC. The van der Waals surface area contributed by atoms with Crippen molar-refractivity contribution in [2.75, 3.05) is 25.8 Å². The maximum absolute atomic E-state index is 9.85. The lowest BCUT2D eigenvalue weighted by atomic mass is 9.95. The lowest BCUT2D eigenvalue weighted by molar-refractivity contribution is 0.355. The Bertz CT molecular complexity index is 845. The van der Waals surface area contributed by atoms with Gasteiger partial charge in [-0.05, 0) is 37.3 Å². The average molecular weight is 385 g/mol. The highest BCUT2D eigenvalue weighted by atomic mass is 32.2. The molecule has 1 fully saturated rings. The Labute approximate surface area is 164 Å². The monoisotopic (exact) mass is 384 g/mol. The first kappa shape index (κ1) is 19.3. The Hall–Kier alpha value is -2.46. The van der Waals surface area contributed by atoms with Gasteiger partial charge in [-0.15, -0.1) is 0 Å². The number of thioether (sulfide) groups is 1. The van der Waals surface area contributed by atoms with Crippen molar-refractivity contribution in [2.45, 2.75) is 43.3 Å². The van der Waals surface area contributed by atoms with Crippen LogP contribution in [-0.2, 0) is 0 Å². The molecule has 1 aliphatic rings. The van der Waals surface area contributed by atoms with E-state index in [0.29, 0.717) is 39.8 Å². The van der Waals surface area contributed by atoms with Crippen LogP contribution in [0.5, 0.6) is 11.5 Å². The van der Waals surface area contributed by atoms with Gasteiger partial charge in [0.15, 0.2) is 16.7 Å². The van der Waals surface area contributed by atoms with Crippen LogP contribution in [0.2, 0.25) is 0 Å². The van der Waals surface area contributed by atoms with Crippen LogP contribution < -0.4 is 14.8 Å². The van der Waals surface area contributed by atoms with E-state index in [9.17, 15) is 5.26 Å². The van der Waals surface area contributed by atoms with Crippen molar-refractivity contribution in [1.29, 1.82) is 5.26 Å². The van der Waals surface area contributed by atoms with Gasteiger partial charge < -0.3 is 14.8 Å². The standard InChI is InChI=1S/C20H24N4O2S/c1-25-16-10-9-13(11-17(16)26-2)18-15(12-21)19(24-20(23-18)27-3)22-14-7-5-4-6-8-14/h9-11,14H,4-8H2,1-3H3,(H,22,23,24). The van der Waals surface area contributed by atoms with E-state index in [1.807, 2.05) is 24.5 Å². The Morgan fingerprint density at radius 1 is 1.11 bits per heavy atom. The number of hydrogen-bond donors (Lipinski definition) is 1. The van der Waals surface area contributed by atoms with Crippen molar-refractivity contribution in [2.24, 2.45) is 0 Å². The molecular formula is C20H24N4O2S. The van der Waals surface area contributed by atoms with E-state index < -0.39 is 0 Å². The number of rotatable bonds is 6. The van der Waals surface area contributed by atoms with Crippen LogP contribution >= 0.6 is 11.8 Å². The molecule has 2 aromatic rings. The van der Waals surface area contributed by atoms with E-state index in [0.717, 1.165) is 18.4 Å². The summed E-state index contributed by atoms with van der Waals surface area (Å²) in [4.78, 5) is 9.19. The zero-order chi connectivity index (χ0) is 19.2. The number of aromatic nitrogens is 2. The molecule has 0 aliphatic heterocycles. The van der Waals surface area contributed by atoms with Crippen molar-refractivity contribution in [1.82, 2.24) is 9.97 Å². The Morgan fingerprint density at radius 2 is 1.85 bits per heavy atom. The van der Waals surface area contributed by atoms with E-state index in [1.165, 1.54) is 31.0 Å². The fourth-order valence-electron chi connectivity index (χ4n) is 3.37. The van der Waals surface area contributed by atoms with Crippen molar-refractivity contribution in [3.63, 3.8) is 0 Å². The molecule has 6 nitrogen and oxygen atoms in total. The van der Waals surface area contributed by atoms with Gasteiger partial charge in [0.1, 0.15) is 17.5 Å². The summed E-state index contributed by atoms with van der Waals surface area (Å²) in [6.45, 7) is 0. The van der Waals surface area contributed by atoms with E-state index in [-0.39, 0.29) is 0 Å². The molecule has 1 aliphatic carbocycles. The zero-order valence-corrected chi connectivity index (χ0v) is 16.7. The van der Waals surface area contributed by atoms with Gasteiger partial charge in [-0.2, -0.15) is 5.26 Å². The Morgan fingerprint density at radius 3 is 2.48 bits per heavy atom. The molecular weight excluding hydrogens is 360 g/mol. The zero-order valence-electron chi connectivity index (χ0n) is 15.9. The van der Waals surface area contributed by atoms with E-state index in [1.54, 1.807) is 14.2 Å². The number of nitrogens with zero attached hydrogens (tertiary/aromatic N) is 3. The smallest absolute Gasteiger partial charge is 0.189 e. The summed E-state index contributed by atoms with van der Waals surface area (Å²) < 4.78 is 10.7. The van der Waals surface area contributed by atoms with Gasteiger partial charge in [0, 0.05) is 11.6 Å². The minimum atomic E-state index is 0.355. The number of ether oxygens (including phenoxy) is 2. The van der Waals surface area contributed by atoms with E-state index >= 15 is 0 Å². The molecule has 1 N–H and O–H groups in total. The molecule has 0 saturated heterocycles. The summed E-state index contributed by atoms with van der Waals surface area (Å²) in [6, 6.07) is 8.21. The van der Waals surface area contributed by atoms with Crippen LogP contribution in [-0.4, -0.2) is 36.5 Å². The van der Waals surface area contributed by atoms with Gasteiger partial charge in [0.05, 0.1) is 19.9 Å². The van der Waals surface area contributed by atoms with Crippen LogP contribution in [0.25, 0.3) is 11.3 Å². The number of anilines is 1. The van der Waals surface area contributed by atoms with Crippen LogP contribution in [0.15, 0.2) is 23.4 Å². The normalized spacial score (nSPS) is 14.4. The highest BCUT2D eigenvalue weighted by Gasteiger charge is 2.21. The second-order valence-electron chi connectivity index (χ2n) is 6.44. The van der Waals surface area contributed by atoms with E-state index in [2.05, 4.69) is 21.4 Å². The lowest BCUT2D eigenvalue weighted by Gasteiger charge is -2.24. The Balaban J connectivity index is 2.06. The lowest BCUT2D eigenvalue weighted by Crippen LogP contribution is -2.24. The van der Waals surface area contributed by atoms with Crippen molar-refractivity contribution >= 4 is 17.6 Å². The molecule has 27 heavy (non-hydrogen) atoms. The second kappa shape index (κ2) is 8.96. The fraction of sp³-hybridized carbons (Fsp3) is 0.450. The molecule has 0 radical (unpaired) electrons. The molecule has 1 heterocycles. The number of hydrogen-bond acceptors (Lipinski definition) is 7. The maximum atomic E-state index is 9.85. The largest absolute Gasteiger partial charge is 0.493 e. The van der Waals surface area contributed by atoms with Crippen LogP contribution in [0.3, 0.4) is 0 Å². The minimum Gasteiger partial charge on any atom is -0.493 e. The molecule has 0 bridgehead atoms. The summed E-state index contributed by atoms with van der Waals surface area (Å²) in [5, 5.41) is 14.0. The van der Waals surface area contributed by atoms with Crippen molar-refractivity contribution in [3.8, 4) is 28.8 Å². The summed E-state index contributed by atoms with van der Waals surface area (Å²) in [5.41, 5.74) is 1.87. The molecule has 7 heteroatoms. The average Bonchev–Trinajstić information content (AvgIpc) is 2.73. The first-order valence-corrected chi connectivity index (χ1v) is 10.3. The number of nitrogens with one attached hydrogen (secondary N) is 1. The highest BCUT2D eigenvalue weighted by Crippen LogP contribution is 2.35. The molecule has 1 saturated carbocycles. The summed E-state index contributed by atoms with van der Waals surface area (Å²) >= 11 is 1.46. The Kier molecular flexibility index (Phi) is 6.40. The van der Waals surface area contributed by atoms with E-state index in [4.69, 9.17) is 9.47 Å². The number of nitriles is 1. The van der Waals surface area contributed by atoms with Gasteiger partial charge in [0.2, 0.25) is 0 Å². The van der Waals surface area contributed by atoms with Crippen LogP contribution in [0.1, 0.15) is 37.7 Å². The summed E-state index contributed by atoms with van der Waals surface area (Å²) in [6.07, 6.45) is 7.85. The third kappa shape index (κ3) is 4.28. The summed E-state index contributed by atoms with van der Waals surface area (Å²) in [5.74, 6) is 1.86. The van der Waals surface area contributed by atoms with Gasteiger partial charge >= 0.3 is 0 Å².